The molecule has 0 aliphatic heterocycles. The summed E-state index contributed by atoms with van der Waals surface area (Å²) in [5.41, 5.74) is 2.04. The largest absolute Gasteiger partial charge is 0.382 e. The molecule has 1 unspecified atom stereocenters. The van der Waals surface area contributed by atoms with E-state index in [0.717, 1.165) is 27.0 Å². The molecule has 0 amide bonds. The van der Waals surface area contributed by atoms with Gasteiger partial charge in [0.05, 0.1) is 17.4 Å². The topological polar surface area (TPSA) is 38.1 Å². The average Bonchev–Trinajstić information content (AvgIpc) is 3.16. The molecule has 4 aromatic rings. The van der Waals surface area contributed by atoms with E-state index in [9.17, 15) is 9.50 Å². The summed E-state index contributed by atoms with van der Waals surface area (Å²) in [7, 11) is 0. The number of rotatable bonds is 6. The molecule has 1 heterocycles. The van der Waals surface area contributed by atoms with Gasteiger partial charge in [0.2, 0.25) is 0 Å². The Morgan fingerprint density at radius 1 is 1.04 bits per heavy atom. The fourth-order valence-corrected chi connectivity index (χ4v) is 4.30. The smallest absolute Gasteiger partial charge is 0.127 e. The van der Waals surface area contributed by atoms with E-state index in [1.54, 1.807) is 12.3 Å². The van der Waals surface area contributed by atoms with Gasteiger partial charge in [-0.15, -0.1) is 11.8 Å². The molecule has 3 nitrogen and oxygen atoms in total. The van der Waals surface area contributed by atoms with Crippen molar-refractivity contribution in [3.8, 4) is 5.69 Å². The lowest BCUT2D eigenvalue weighted by atomic mass is 9.96. The Morgan fingerprint density at radius 2 is 1.86 bits per heavy atom. The number of para-hydroxylation sites is 1. The zero-order valence-electron chi connectivity index (χ0n) is 15.5. The predicted molar refractivity (Wildman–Crippen MR) is 113 cm³/mol. The van der Waals surface area contributed by atoms with Crippen molar-refractivity contribution < 1.29 is 9.50 Å². The quantitative estimate of drug-likeness (QED) is 0.454. The molecule has 1 aromatic heterocycles. The van der Waals surface area contributed by atoms with Crippen molar-refractivity contribution in [3.63, 3.8) is 0 Å². The Hall–Kier alpha value is -2.63. The first-order chi connectivity index (χ1) is 13.6. The lowest BCUT2D eigenvalue weighted by Crippen LogP contribution is -2.31. The van der Waals surface area contributed by atoms with Crippen molar-refractivity contribution in [1.29, 1.82) is 0 Å². The number of thioether (sulfide) groups is 1. The highest BCUT2D eigenvalue weighted by Crippen LogP contribution is 2.32. The van der Waals surface area contributed by atoms with E-state index in [4.69, 9.17) is 0 Å². The molecule has 1 N–H and O–H groups in total. The molecule has 4 rings (SSSR count). The molecule has 1 atom stereocenters. The third-order valence-corrected chi connectivity index (χ3v) is 6.00. The molecule has 0 bridgehead atoms. The molecular formula is C23H21FN2OS. The van der Waals surface area contributed by atoms with Crippen LogP contribution < -0.4 is 0 Å². The highest BCUT2D eigenvalue weighted by atomic mass is 32.2. The molecule has 0 radical (unpaired) electrons. The van der Waals surface area contributed by atoms with E-state index in [1.807, 2.05) is 78.3 Å². The van der Waals surface area contributed by atoms with E-state index in [-0.39, 0.29) is 5.75 Å². The summed E-state index contributed by atoms with van der Waals surface area (Å²) >= 11 is 1.46. The molecule has 0 aliphatic rings. The van der Waals surface area contributed by atoms with Gasteiger partial charge in [0.25, 0.3) is 0 Å². The van der Waals surface area contributed by atoms with Gasteiger partial charge in [-0.3, -0.25) is 0 Å². The standard InChI is InChI=1S/C23H21FN2OS/c1-17-6-5-9-21(12-17)28-16-23(27,15-24)19-10-11-22-18(13-19)14-25-26(22)20-7-3-2-4-8-20/h2-14,27H,15-16H2,1H3. The minimum Gasteiger partial charge on any atom is -0.382 e. The van der Waals surface area contributed by atoms with Crippen LogP contribution in [-0.4, -0.2) is 27.3 Å². The summed E-state index contributed by atoms with van der Waals surface area (Å²) in [5.74, 6) is 0.241. The third kappa shape index (κ3) is 3.68. The second-order valence-electron chi connectivity index (χ2n) is 6.94. The number of fused-ring (bicyclic) bond motifs is 1. The zero-order valence-corrected chi connectivity index (χ0v) is 16.4. The number of aliphatic hydroxyl groups is 1. The maximum atomic E-state index is 13.9. The van der Waals surface area contributed by atoms with Gasteiger partial charge in [0.1, 0.15) is 12.3 Å². The van der Waals surface area contributed by atoms with Crippen LogP contribution in [0.3, 0.4) is 0 Å². The van der Waals surface area contributed by atoms with Gasteiger partial charge in [-0.2, -0.15) is 5.10 Å². The van der Waals surface area contributed by atoms with E-state index >= 15 is 0 Å². The van der Waals surface area contributed by atoms with E-state index in [1.165, 1.54) is 11.8 Å². The van der Waals surface area contributed by atoms with Crippen LogP contribution in [0, 0.1) is 6.92 Å². The Labute approximate surface area is 167 Å². The minimum atomic E-state index is -1.54. The lowest BCUT2D eigenvalue weighted by Gasteiger charge is -2.25. The summed E-state index contributed by atoms with van der Waals surface area (Å²) in [6.07, 6.45) is 1.75. The SMILES string of the molecule is Cc1cccc(SCC(O)(CF)c2ccc3c(cnn3-c3ccccc3)c2)c1. The summed E-state index contributed by atoms with van der Waals surface area (Å²) in [6, 6.07) is 23.4. The number of alkyl halides is 1. The number of aromatic nitrogens is 2. The van der Waals surface area contributed by atoms with Crippen LogP contribution >= 0.6 is 11.8 Å². The average molecular weight is 392 g/mol. The molecule has 142 valence electrons. The van der Waals surface area contributed by atoms with Gasteiger partial charge in [0.15, 0.2) is 0 Å². The van der Waals surface area contributed by atoms with Crippen LogP contribution in [0.15, 0.2) is 83.9 Å². The fourth-order valence-electron chi connectivity index (χ4n) is 3.20. The van der Waals surface area contributed by atoms with Gasteiger partial charge >= 0.3 is 0 Å². The first-order valence-electron chi connectivity index (χ1n) is 9.10. The van der Waals surface area contributed by atoms with E-state index < -0.39 is 12.3 Å². The number of hydrogen-bond donors (Lipinski definition) is 1. The van der Waals surface area contributed by atoms with Crippen molar-refractivity contribution in [1.82, 2.24) is 9.78 Å². The maximum absolute atomic E-state index is 13.9. The predicted octanol–water partition coefficient (Wildman–Crippen LogP) is 5.28. The van der Waals surface area contributed by atoms with Crippen LogP contribution in [0.2, 0.25) is 0 Å². The van der Waals surface area contributed by atoms with Crippen LogP contribution in [0.1, 0.15) is 11.1 Å². The number of aryl methyl sites for hydroxylation is 1. The molecule has 0 fully saturated rings. The molecule has 28 heavy (non-hydrogen) atoms. The van der Waals surface area contributed by atoms with Gasteiger partial charge in [-0.05, 0) is 48.9 Å². The molecule has 0 aliphatic carbocycles. The number of hydrogen-bond acceptors (Lipinski definition) is 3. The molecular weight excluding hydrogens is 371 g/mol. The molecule has 0 spiro atoms. The molecule has 0 saturated carbocycles. The van der Waals surface area contributed by atoms with Crippen LogP contribution in [0.25, 0.3) is 16.6 Å². The Morgan fingerprint density at radius 3 is 2.61 bits per heavy atom. The third-order valence-electron chi connectivity index (χ3n) is 4.79. The van der Waals surface area contributed by atoms with Crippen LogP contribution in [-0.2, 0) is 5.60 Å². The van der Waals surface area contributed by atoms with Crippen molar-refractivity contribution >= 4 is 22.7 Å². The summed E-state index contributed by atoms with van der Waals surface area (Å²) in [4.78, 5) is 1.02. The minimum absolute atomic E-state index is 0.241. The lowest BCUT2D eigenvalue weighted by molar-refractivity contribution is 0.0350. The second-order valence-corrected chi connectivity index (χ2v) is 7.98. The number of benzene rings is 3. The van der Waals surface area contributed by atoms with E-state index in [2.05, 4.69) is 5.10 Å². The molecule has 0 saturated heterocycles. The molecule has 3 aromatic carbocycles. The van der Waals surface area contributed by atoms with Crippen LogP contribution in [0.4, 0.5) is 4.39 Å². The van der Waals surface area contributed by atoms with Gasteiger partial charge in [0, 0.05) is 16.0 Å². The van der Waals surface area contributed by atoms with Crippen molar-refractivity contribution in [2.75, 3.05) is 12.4 Å². The summed E-state index contributed by atoms with van der Waals surface area (Å²) in [6.45, 7) is 1.17. The van der Waals surface area contributed by atoms with Crippen LogP contribution in [0.5, 0.6) is 0 Å². The Balaban J connectivity index is 1.63. The second kappa shape index (κ2) is 7.78. The Kier molecular flexibility index (Phi) is 5.20. The van der Waals surface area contributed by atoms with Crippen molar-refractivity contribution in [2.45, 2.75) is 17.4 Å². The Bertz CT molecular complexity index is 1100. The van der Waals surface area contributed by atoms with Gasteiger partial charge < -0.3 is 5.11 Å². The highest BCUT2D eigenvalue weighted by Gasteiger charge is 2.30. The summed E-state index contributed by atoms with van der Waals surface area (Å²) in [5, 5.41) is 16.3. The normalized spacial score (nSPS) is 13.5. The van der Waals surface area contributed by atoms with Crippen molar-refractivity contribution in [2.24, 2.45) is 0 Å². The van der Waals surface area contributed by atoms with Gasteiger partial charge in [-0.25, -0.2) is 9.07 Å². The molecule has 5 heteroatoms. The maximum Gasteiger partial charge on any atom is 0.127 e. The fraction of sp³-hybridized carbons (Fsp3) is 0.174. The van der Waals surface area contributed by atoms with E-state index in [0.29, 0.717) is 5.56 Å². The zero-order chi connectivity index (χ0) is 19.6. The summed E-state index contributed by atoms with van der Waals surface area (Å²) < 4.78 is 15.7. The monoisotopic (exact) mass is 392 g/mol. The number of nitrogens with zero attached hydrogens (tertiary/aromatic N) is 2. The first-order valence-corrected chi connectivity index (χ1v) is 10.1. The van der Waals surface area contributed by atoms with Crippen molar-refractivity contribution in [3.05, 3.63) is 90.1 Å². The number of halogens is 1. The first kappa shape index (κ1) is 18.7. The van der Waals surface area contributed by atoms with Gasteiger partial charge in [-0.1, -0.05) is 42.0 Å². The highest BCUT2D eigenvalue weighted by molar-refractivity contribution is 7.99.